The lowest BCUT2D eigenvalue weighted by Crippen LogP contribution is -2.30. The Labute approximate surface area is 140 Å². The van der Waals surface area contributed by atoms with Crippen molar-refractivity contribution >= 4 is 29.2 Å². The number of carbonyl (C=O) groups excluding carboxylic acids is 2. The van der Waals surface area contributed by atoms with Crippen LogP contribution in [0.5, 0.6) is 0 Å². The monoisotopic (exact) mass is 357 g/mol. The average Bonchev–Trinajstić information content (AvgIpc) is 2.48. The summed E-state index contributed by atoms with van der Waals surface area (Å²) in [4.78, 5) is 23.7. The highest BCUT2D eigenvalue weighted by atomic mass is 35.5. The van der Waals surface area contributed by atoms with Crippen LogP contribution in [0.4, 0.5) is 18.9 Å². The van der Waals surface area contributed by atoms with Gasteiger partial charge in [-0.2, -0.15) is 0 Å². The van der Waals surface area contributed by atoms with E-state index in [-0.39, 0.29) is 16.3 Å². The third-order valence-corrected chi connectivity index (χ3v) is 3.18. The molecule has 1 atom stereocenters. The van der Waals surface area contributed by atoms with Crippen molar-refractivity contribution in [3.05, 3.63) is 64.4 Å². The smallest absolute Gasteiger partial charge is 0.339 e. The van der Waals surface area contributed by atoms with E-state index >= 15 is 0 Å². The van der Waals surface area contributed by atoms with E-state index < -0.39 is 35.4 Å². The topological polar surface area (TPSA) is 55.4 Å². The van der Waals surface area contributed by atoms with Gasteiger partial charge in [-0.1, -0.05) is 11.6 Å². The van der Waals surface area contributed by atoms with Crippen molar-refractivity contribution in [1.29, 1.82) is 0 Å². The van der Waals surface area contributed by atoms with Gasteiger partial charge in [0.05, 0.1) is 11.3 Å². The van der Waals surface area contributed by atoms with Gasteiger partial charge in [0.25, 0.3) is 5.91 Å². The minimum absolute atomic E-state index is 0.149. The van der Waals surface area contributed by atoms with Crippen LogP contribution < -0.4 is 5.32 Å². The molecule has 0 spiro atoms. The number of amides is 1. The van der Waals surface area contributed by atoms with E-state index in [2.05, 4.69) is 5.32 Å². The zero-order valence-corrected chi connectivity index (χ0v) is 13.0. The first-order chi connectivity index (χ1) is 11.3. The van der Waals surface area contributed by atoms with Gasteiger partial charge in [-0.25, -0.2) is 18.0 Å². The number of ether oxygens (including phenoxy) is 1. The summed E-state index contributed by atoms with van der Waals surface area (Å²) in [5, 5.41) is 2.37. The molecule has 2 rings (SSSR count). The van der Waals surface area contributed by atoms with E-state index in [4.69, 9.17) is 16.3 Å². The van der Waals surface area contributed by atoms with Crippen molar-refractivity contribution in [3.8, 4) is 0 Å². The first-order valence-electron chi connectivity index (χ1n) is 6.69. The molecule has 0 aliphatic heterocycles. The summed E-state index contributed by atoms with van der Waals surface area (Å²) < 4.78 is 44.6. The van der Waals surface area contributed by atoms with Gasteiger partial charge in [0.2, 0.25) is 0 Å². The zero-order chi connectivity index (χ0) is 17.9. The number of hydrogen-bond donors (Lipinski definition) is 1. The maximum Gasteiger partial charge on any atom is 0.339 e. The number of benzene rings is 2. The van der Waals surface area contributed by atoms with Crippen LogP contribution in [0.3, 0.4) is 0 Å². The van der Waals surface area contributed by atoms with Gasteiger partial charge >= 0.3 is 5.97 Å². The first kappa shape index (κ1) is 17.8. The molecule has 2 aromatic rings. The number of esters is 1. The average molecular weight is 358 g/mol. The highest BCUT2D eigenvalue weighted by Gasteiger charge is 2.21. The molecule has 0 heterocycles. The Balaban J connectivity index is 2.04. The Hall–Kier alpha value is -2.54. The van der Waals surface area contributed by atoms with Crippen LogP contribution in [0.15, 0.2) is 36.4 Å². The van der Waals surface area contributed by atoms with Crippen molar-refractivity contribution in [2.75, 3.05) is 5.32 Å². The summed E-state index contributed by atoms with van der Waals surface area (Å²) in [6.45, 7) is 1.23. The minimum Gasteiger partial charge on any atom is -0.449 e. The molecule has 0 unspecified atom stereocenters. The molecule has 1 N–H and O–H groups in total. The lowest BCUT2D eigenvalue weighted by Gasteiger charge is -2.14. The largest absolute Gasteiger partial charge is 0.449 e. The van der Waals surface area contributed by atoms with E-state index in [1.54, 1.807) is 0 Å². The van der Waals surface area contributed by atoms with Gasteiger partial charge in [-0.05, 0) is 37.3 Å². The second-order valence-electron chi connectivity index (χ2n) is 4.82. The number of hydrogen-bond acceptors (Lipinski definition) is 3. The lowest BCUT2D eigenvalue weighted by molar-refractivity contribution is -0.123. The summed E-state index contributed by atoms with van der Waals surface area (Å²) in [5.74, 6) is -4.58. The molecule has 0 saturated heterocycles. The van der Waals surface area contributed by atoms with Crippen molar-refractivity contribution in [2.24, 2.45) is 0 Å². The van der Waals surface area contributed by atoms with Crippen LogP contribution in [-0.4, -0.2) is 18.0 Å². The summed E-state index contributed by atoms with van der Waals surface area (Å²) >= 11 is 5.59. The van der Waals surface area contributed by atoms with Gasteiger partial charge < -0.3 is 10.1 Å². The number of rotatable bonds is 4. The molecule has 4 nitrogen and oxygen atoms in total. The first-order valence-corrected chi connectivity index (χ1v) is 7.07. The van der Waals surface area contributed by atoms with Crippen molar-refractivity contribution in [2.45, 2.75) is 13.0 Å². The molecule has 126 valence electrons. The molecular weight excluding hydrogens is 347 g/mol. The van der Waals surface area contributed by atoms with Crippen LogP contribution in [0.25, 0.3) is 0 Å². The maximum absolute atomic E-state index is 13.6. The predicted molar refractivity (Wildman–Crippen MR) is 81.3 cm³/mol. The van der Waals surface area contributed by atoms with Crippen molar-refractivity contribution in [3.63, 3.8) is 0 Å². The fraction of sp³-hybridized carbons (Fsp3) is 0.125. The van der Waals surface area contributed by atoms with E-state index in [1.165, 1.54) is 19.1 Å². The normalized spacial score (nSPS) is 11.7. The van der Waals surface area contributed by atoms with Gasteiger partial charge in [0.15, 0.2) is 6.10 Å². The second-order valence-corrected chi connectivity index (χ2v) is 5.26. The number of halogens is 4. The van der Waals surface area contributed by atoms with Gasteiger partial charge in [-0.3, -0.25) is 4.79 Å². The molecule has 8 heteroatoms. The molecule has 0 aliphatic carbocycles. The van der Waals surface area contributed by atoms with E-state index in [1.807, 2.05) is 0 Å². The third kappa shape index (κ3) is 4.48. The maximum atomic E-state index is 13.6. The van der Waals surface area contributed by atoms with E-state index in [0.29, 0.717) is 6.07 Å². The Morgan fingerprint density at radius 2 is 1.71 bits per heavy atom. The molecule has 0 aromatic heterocycles. The summed E-state index contributed by atoms with van der Waals surface area (Å²) in [5.41, 5.74) is -0.533. The Morgan fingerprint density at radius 3 is 2.29 bits per heavy atom. The summed E-state index contributed by atoms with van der Waals surface area (Å²) in [6, 6.07) is 5.75. The second kappa shape index (κ2) is 7.35. The van der Waals surface area contributed by atoms with Crippen molar-refractivity contribution in [1.82, 2.24) is 0 Å². The van der Waals surface area contributed by atoms with E-state index in [0.717, 1.165) is 18.2 Å². The fourth-order valence-electron chi connectivity index (χ4n) is 1.78. The van der Waals surface area contributed by atoms with Crippen LogP contribution in [-0.2, 0) is 9.53 Å². The number of carbonyl (C=O) groups is 2. The minimum atomic E-state index is -1.32. The Bertz CT molecular complexity index is 778. The molecule has 0 radical (unpaired) electrons. The van der Waals surface area contributed by atoms with Crippen LogP contribution >= 0.6 is 11.6 Å². The van der Waals surface area contributed by atoms with Gasteiger partial charge in [0.1, 0.15) is 17.5 Å². The van der Waals surface area contributed by atoms with Crippen LogP contribution in [0, 0.1) is 17.5 Å². The molecular formula is C16H11ClF3NO3. The molecule has 0 fully saturated rings. The summed E-state index contributed by atoms with van der Waals surface area (Å²) in [7, 11) is 0. The third-order valence-electron chi connectivity index (χ3n) is 2.94. The molecule has 0 aliphatic rings. The standard InChI is InChI=1S/C16H11ClF3NO3/c1-8(15(22)21-14-3-2-10(17)6-13(14)20)24-16(23)9-4-11(18)7-12(19)5-9/h2-8H,1H3,(H,21,22)/t8-/m0/s1. The van der Waals surface area contributed by atoms with Crippen LogP contribution in [0.1, 0.15) is 17.3 Å². The highest BCUT2D eigenvalue weighted by Crippen LogP contribution is 2.19. The highest BCUT2D eigenvalue weighted by molar-refractivity contribution is 6.30. The SMILES string of the molecule is C[C@H](OC(=O)c1cc(F)cc(F)c1)C(=O)Nc1ccc(Cl)cc1F. The Kier molecular flexibility index (Phi) is 5.46. The molecule has 2 aromatic carbocycles. The van der Waals surface area contributed by atoms with Crippen LogP contribution in [0.2, 0.25) is 5.02 Å². The van der Waals surface area contributed by atoms with Crippen molar-refractivity contribution < 1.29 is 27.5 Å². The molecule has 0 bridgehead atoms. The predicted octanol–water partition coefficient (Wildman–Crippen LogP) is 3.94. The number of anilines is 1. The lowest BCUT2D eigenvalue weighted by atomic mass is 10.2. The fourth-order valence-corrected chi connectivity index (χ4v) is 1.94. The molecule has 0 saturated carbocycles. The molecule has 24 heavy (non-hydrogen) atoms. The van der Waals surface area contributed by atoms with E-state index in [9.17, 15) is 22.8 Å². The Morgan fingerprint density at radius 1 is 1.08 bits per heavy atom. The van der Waals surface area contributed by atoms with Gasteiger partial charge in [-0.15, -0.1) is 0 Å². The number of nitrogens with one attached hydrogen (secondary N) is 1. The van der Waals surface area contributed by atoms with Gasteiger partial charge in [0, 0.05) is 11.1 Å². The summed E-state index contributed by atoms with van der Waals surface area (Å²) in [6.07, 6.45) is -1.32. The zero-order valence-electron chi connectivity index (χ0n) is 12.3. The molecule has 1 amide bonds. The quantitative estimate of drug-likeness (QED) is 0.843.